The fourth-order valence-electron chi connectivity index (χ4n) is 5.35. The summed E-state index contributed by atoms with van der Waals surface area (Å²) in [6.45, 7) is 4.47. The Morgan fingerprint density at radius 2 is 1.70 bits per heavy atom. The lowest BCUT2D eigenvalue weighted by Crippen LogP contribution is -2.51. The minimum atomic E-state index is 0.214. The maximum absolute atomic E-state index is 11.7. The first-order chi connectivity index (χ1) is 13.2. The first kappa shape index (κ1) is 16.9. The van der Waals surface area contributed by atoms with Crippen molar-refractivity contribution in [2.45, 2.75) is 63.7 Å². The van der Waals surface area contributed by atoms with Crippen LogP contribution in [0, 0.1) is 0 Å². The number of fused-ring (bicyclic) bond motifs is 3. The van der Waals surface area contributed by atoms with Crippen molar-refractivity contribution in [2.24, 2.45) is 0 Å². The van der Waals surface area contributed by atoms with Crippen LogP contribution in [0.25, 0.3) is 11.4 Å². The molecule has 0 N–H and O–H groups in total. The van der Waals surface area contributed by atoms with Crippen LogP contribution in [-0.2, 0) is 17.8 Å². The summed E-state index contributed by atoms with van der Waals surface area (Å²) in [5.74, 6) is 2.35. The first-order valence-electron chi connectivity index (χ1n) is 10.2. The van der Waals surface area contributed by atoms with Gasteiger partial charge in [0.25, 0.3) is 0 Å². The molecule has 1 aromatic carbocycles. The molecule has 2 bridgehead atoms. The molecule has 3 aliphatic rings. The zero-order valence-electron chi connectivity index (χ0n) is 15.9. The van der Waals surface area contributed by atoms with Gasteiger partial charge in [0.2, 0.25) is 5.91 Å². The zero-order valence-corrected chi connectivity index (χ0v) is 15.9. The molecule has 2 fully saturated rings. The number of rotatable bonds is 2. The summed E-state index contributed by atoms with van der Waals surface area (Å²) >= 11 is 0. The molecule has 0 radical (unpaired) electrons. The highest BCUT2D eigenvalue weighted by atomic mass is 16.2. The molecule has 5 rings (SSSR count). The summed E-state index contributed by atoms with van der Waals surface area (Å²) in [5, 5.41) is 9.08. The third-order valence-corrected chi connectivity index (χ3v) is 6.68. The van der Waals surface area contributed by atoms with Crippen molar-refractivity contribution < 1.29 is 4.79 Å². The summed E-state index contributed by atoms with van der Waals surface area (Å²) in [6, 6.07) is 12.1. The Bertz CT molecular complexity index is 824. The highest BCUT2D eigenvalue weighted by molar-refractivity contribution is 5.73. The smallest absolute Gasteiger partial charge is 0.219 e. The van der Waals surface area contributed by atoms with E-state index in [0.29, 0.717) is 18.1 Å². The maximum atomic E-state index is 11.7. The molecule has 27 heavy (non-hydrogen) atoms. The third kappa shape index (κ3) is 2.96. The number of piperidine rings is 1. The highest BCUT2D eigenvalue weighted by Crippen LogP contribution is 2.36. The lowest BCUT2D eigenvalue weighted by atomic mass is 10.0. The van der Waals surface area contributed by atoms with Gasteiger partial charge in [-0.25, -0.2) is 0 Å². The van der Waals surface area contributed by atoms with Crippen LogP contribution in [0.4, 0.5) is 0 Å². The molecule has 6 nitrogen and oxygen atoms in total. The van der Waals surface area contributed by atoms with Crippen LogP contribution in [0.15, 0.2) is 30.3 Å². The van der Waals surface area contributed by atoms with E-state index in [1.165, 1.54) is 12.8 Å². The highest BCUT2D eigenvalue weighted by Gasteiger charge is 2.42. The lowest BCUT2D eigenvalue weighted by molar-refractivity contribution is -0.130. The molecule has 4 heterocycles. The van der Waals surface area contributed by atoms with Gasteiger partial charge in [0.15, 0.2) is 5.82 Å². The molecule has 1 aromatic heterocycles. The van der Waals surface area contributed by atoms with Crippen LogP contribution in [-0.4, -0.2) is 61.7 Å². The second-order valence-electron chi connectivity index (χ2n) is 8.19. The van der Waals surface area contributed by atoms with E-state index in [9.17, 15) is 4.79 Å². The SMILES string of the molecule is CC(=O)N1CCC(N2C3CCC2Cn2c(nnc2-c2ccccc2)C3)CC1. The van der Waals surface area contributed by atoms with E-state index in [4.69, 9.17) is 0 Å². The number of amides is 1. The maximum Gasteiger partial charge on any atom is 0.219 e. The van der Waals surface area contributed by atoms with Gasteiger partial charge in [-0.1, -0.05) is 30.3 Å². The van der Waals surface area contributed by atoms with Gasteiger partial charge in [0, 0.05) is 56.7 Å². The number of carbonyl (C=O) groups is 1. The number of aromatic nitrogens is 3. The van der Waals surface area contributed by atoms with Crippen LogP contribution in [0.2, 0.25) is 0 Å². The van der Waals surface area contributed by atoms with Gasteiger partial charge in [-0.3, -0.25) is 9.69 Å². The van der Waals surface area contributed by atoms with Gasteiger partial charge in [-0.2, -0.15) is 0 Å². The Morgan fingerprint density at radius 1 is 0.963 bits per heavy atom. The molecular formula is C21H27N5O. The van der Waals surface area contributed by atoms with Gasteiger partial charge in [-0.15, -0.1) is 10.2 Å². The van der Waals surface area contributed by atoms with Gasteiger partial charge in [-0.05, 0) is 25.7 Å². The van der Waals surface area contributed by atoms with Crippen LogP contribution in [0.3, 0.4) is 0 Å². The largest absolute Gasteiger partial charge is 0.343 e. The van der Waals surface area contributed by atoms with Crippen LogP contribution >= 0.6 is 0 Å². The molecule has 1 amide bonds. The van der Waals surface area contributed by atoms with Crippen molar-refractivity contribution in [3.63, 3.8) is 0 Å². The summed E-state index contributed by atoms with van der Waals surface area (Å²) < 4.78 is 2.36. The second-order valence-corrected chi connectivity index (χ2v) is 8.19. The molecule has 2 atom stereocenters. The average molecular weight is 365 g/mol. The zero-order chi connectivity index (χ0) is 18.4. The fraction of sp³-hybridized carbons (Fsp3) is 0.571. The van der Waals surface area contributed by atoms with Crippen LogP contribution in [0.5, 0.6) is 0 Å². The summed E-state index contributed by atoms with van der Waals surface area (Å²) in [5.41, 5.74) is 1.15. The summed E-state index contributed by atoms with van der Waals surface area (Å²) in [7, 11) is 0. The van der Waals surface area contributed by atoms with Gasteiger partial charge in [0.1, 0.15) is 5.82 Å². The lowest BCUT2D eigenvalue weighted by Gasteiger charge is -2.41. The molecule has 142 valence electrons. The van der Waals surface area contributed by atoms with E-state index in [1.54, 1.807) is 6.92 Å². The first-order valence-corrected chi connectivity index (χ1v) is 10.2. The average Bonchev–Trinajstić information content (AvgIpc) is 3.22. The van der Waals surface area contributed by atoms with E-state index in [2.05, 4.69) is 43.9 Å². The Hall–Kier alpha value is -2.21. The van der Waals surface area contributed by atoms with Crippen molar-refractivity contribution in [1.82, 2.24) is 24.6 Å². The number of hydrogen-bond acceptors (Lipinski definition) is 4. The molecule has 0 spiro atoms. The molecule has 0 aliphatic carbocycles. The van der Waals surface area contributed by atoms with E-state index in [1.807, 2.05) is 11.0 Å². The molecule has 6 heteroatoms. The Labute approximate surface area is 160 Å². The Kier molecular flexibility index (Phi) is 4.23. The van der Waals surface area contributed by atoms with Crippen LogP contribution in [0.1, 0.15) is 38.4 Å². The number of nitrogens with zero attached hydrogens (tertiary/aromatic N) is 5. The molecule has 2 saturated heterocycles. The van der Waals surface area contributed by atoms with Gasteiger partial charge in [0.05, 0.1) is 0 Å². The summed E-state index contributed by atoms with van der Waals surface area (Å²) in [6.07, 6.45) is 5.69. The molecule has 2 unspecified atom stereocenters. The van der Waals surface area contributed by atoms with Gasteiger partial charge >= 0.3 is 0 Å². The predicted molar refractivity (Wildman–Crippen MR) is 103 cm³/mol. The number of benzene rings is 1. The van der Waals surface area contributed by atoms with E-state index in [0.717, 1.165) is 56.1 Å². The van der Waals surface area contributed by atoms with E-state index in [-0.39, 0.29) is 5.91 Å². The third-order valence-electron chi connectivity index (χ3n) is 6.68. The van der Waals surface area contributed by atoms with Crippen molar-refractivity contribution in [3.8, 4) is 11.4 Å². The molecular weight excluding hydrogens is 338 g/mol. The second kappa shape index (κ2) is 6.75. The molecule has 0 saturated carbocycles. The molecule has 2 aromatic rings. The predicted octanol–water partition coefficient (Wildman–Crippen LogP) is 2.35. The minimum absolute atomic E-state index is 0.214. The fourth-order valence-corrected chi connectivity index (χ4v) is 5.35. The van der Waals surface area contributed by atoms with E-state index >= 15 is 0 Å². The number of carbonyl (C=O) groups excluding carboxylic acids is 1. The van der Waals surface area contributed by atoms with Crippen molar-refractivity contribution in [1.29, 1.82) is 0 Å². The number of hydrogen-bond donors (Lipinski definition) is 0. The standard InChI is InChI=1S/C21H27N5O/c1-15(27)24-11-9-17(10-12-24)26-18-7-8-19(26)14-25-20(13-18)22-23-21(25)16-5-3-2-4-6-16/h2-6,17-19H,7-14H2,1H3. The van der Waals surface area contributed by atoms with Crippen molar-refractivity contribution >= 4 is 5.91 Å². The minimum Gasteiger partial charge on any atom is -0.343 e. The van der Waals surface area contributed by atoms with Crippen molar-refractivity contribution in [3.05, 3.63) is 36.2 Å². The Balaban J connectivity index is 1.39. The topological polar surface area (TPSA) is 54.3 Å². The van der Waals surface area contributed by atoms with Gasteiger partial charge < -0.3 is 9.47 Å². The van der Waals surface area contributed by atoms with E-state index < -0.39 is 0 Å². The Morgan fingerprint density at radius 3 is 2.44 bits per heavy atom. The van der Waals surface area contributed by atoms with Crippen molar-refractivity contribution in [2.75, 3.05) is 13.1 Å². The normalized spacial score (nSPS) is 26.0. The van der Waals surface area contributed by atoms with Crippen LogP contribution < -0.4 is 0 Å². The quantitative estimate of drug-likeness (QED) is 0.820. The summed E-state index contributed by atoms with van der Waals surface area (Å²) in [4.78, 5) is 16.4. The molecule has 3 aliphatic heterocycles. The monoisotopic (exact) mass is 365 g/mol. The number of likely N-dealkylation sites (tertiary alicyclic amines) is 1.